The normalized spacial score (nSPS) is 10.1. The molecule has 0 saturated carbocycles. The van der Waals surface area contributed by atoms with Gasteiger partial charge in [0, 0.05) is 19.3 Å². The number of halogens is 1. The first-order chi connectivity index (χ1) is 6.29. The third-order valence-electron chi connectivity index (χ3n) is 1.82. The van der Waals surface area contributed by atoms with Gasteiger partial charge < -0.3 is 4.90 Å². The molecule has 0 saturated heterocycles. The smallest absolute Gasteiger partial charge is 0.145 e. The molecule has 0 aliphatic rings. The first-order valence-electron chi connectivity index (χ1n) is 4.50. The van der Waals surface area contributed by atoms with Gasteiger partial charge in [0.25, 0.3) is 0 Å². The Morgan fingerprint density at radius 1 is 1.46 bits per heavy atom. The average Bonchev–Trinajstić information content (AvgIpc) is 2.16. The van der Waals surface area contributed by atoms with E-state index in [1.165, 1.54) is 0 Å². The molecule has 0 spiro atoms. The molecule has 0 aliphatic carbocycles. The third kappa shape index (κ3) is 2.79. The number of hydrogen-bond acceptors (Lipinski definition) is 3. The lowest BCUT2D eigenvalue weighted by molar-refractivity contribution is 0.773. The molecule has 4 heteroatoms. The molecule has 1 heterocycles. The summed E-state index contributed by atoms with van der Waals surface area (Å²) in [6, 6.07) is 0. The van der Waals surface area contributed by atoms with Crippen LogP contribution in [0, 0.1) is 3.57 Å². The second kappa shape index (κ2) is 5.36. The predicted octanol–water partition coefficient (Wildman–Crippen LogP) is 2.32. The van der Waals surface area contributed by atoms with Crippen LogP contribution in [0.4, 0.5) is 5.82 Å². The molecule has 1 aromatic rings. The van der Waals surface area contributed by atoms with Gasteiger partial charge in [-0.3, -0.25) is 0 Å². The highest BCUT2D eigenvalue weighted by Gasteiger charge is 2.07. The van der Waals surface area contributed by atoms with Gasteiger partial charge in [-0.15, -0.1) is 0 Å². The summed E-state index contributed by atoms with van der Waals surface area (Å²) in [5.74, 6) is 1.06. The molecule has 3 nitrogen and oxygen atoms in total. The summed E-state index contributed by atoms with van der Waals surface area (Å²) in [7, 11) is 0. The number of anilines is 1. The fraction of sp³-hybridized carbons (Fsp3) is 0.556. The van der Waals surface area contributed by atoms with Gasteiger partial charge >= 0.3 is 0 Å². The molecule has 0 aromatic carbocycles. The van der Waals surface area contributed by atoms with Crippen LogP contribution in [0.2, 0.25) is 0 Å². The standard InChI is InChI=1S/C9H14IN3/c1-3-5-13(4-2)9-8(10)6-11-7-12-9/h6-7H,3-5H2,1-2H3. The zero-order chi connectivity index (χ0) is 9.68. The zero-order valence-corrected chi connectivity index (χ0v) is 10.2. The number of hydrogen-bond donors (Lipinski definition) is 0. The Morgan fingerprint density at radius 2 is 2.23 bits per heavy atom. The summed E-state index contributed by atoms with van der Waals surface area (Å²) in [5.41, 5.74) is 0. The molecular weight excluding hydrogens is 277 g/mol. The minimum absolute atomic E-state index is 1.00. The van der Waals surface area contributed by atoms with Crippen molar-refractivity contribution in [3.63, 3.8) is 0 Å². The molecule has 1 aromatic heterocycles. The lowest BCUT2D eigenvalue weighted by atomic mass is 10.4. The summed E-state index contributed by atoms with van der Waals surface area (Å²) in [5, 5.41) is 0. The van der Waals surface area contributed by atoms with Crippen LogP contribution >= 0.6 is 22.6 Å². The quantitative estimate of drug-likeness (QED) is 0.797. The highest BCUT2D eigenvalue weighted by Crippen LogP contribution is 2.17. The van der Waals surface area contributed by atoms with Crippen LogP contribution in [-0.2, 0) is 0 Å². The maximum Gasteiger partial charge on any atom is 0.145 e. The van der Waals surface area contributed by atoms with E-state index < -0.39 is 0 Å². The minimum Gasteiger partial charge on any atom is -0.356 e. The molecule has 0 fully saturated rings. The summed E-state index contributed by atoms with van der Waals surface area (Å²) in [6.45, 7) is 6.38. The first-order valence-corrected chi connectivity index (χ1v) is 5.57. The number of nitrogens with zero attached hydrogens (tertiary/aromatic N) is 3. The van der Waals surface area contributed by atoms with E-state index in [9.17, 15) is 0 Å². The van der Waals surface area contributed by atoms with Crippen molar-refractivity contribution in [2.24, 2.45) is 0 Å². The molecule has 0 atom stereocenters. The SMILES string of the molecule is CCCN(CC)c1ncncc1I. The van der Waals surface area contributed by atoms with E-state index >= 15 is 0 Å². The van der Waals surface area contributed by atoms with E-state index in [1.54, 1.807) is 6.33 Å². The van der Waals surface area contributed by atoms with Crippen molar-refractivity contribution in [1.82, 2.24) is 9.97 Å². The highest BCUT2D eigenvalue weighted by atomic mass is 127. The molecule has 72 valence electrons. The largest absolute Gasteiger partial charge is 0.356 e. The van der Waals surface area contributed by atoms with Gasteiger partial charge in [-0.2, -0.15) is 0 Å². The fourth-order valence-corrected chi connectivity index (χ4v) is 1.86. The third-order valence-corrected chi connectivity index (χ3v) is 2.58. The van der Waals surface area contributed by atoms with Crippen molar-refractivity contribution < 1.29 is 0 Å². The van der Waals surface area contributed by atoms with Crippen molar-refractivity contribution in [2.45, 2.75) is 20.3 Å². The van der Waals surface area contributed by atoms with Crippen molar-refractivity contribution in [1.29, 1.82) is 0 Å². The topological polar surface area (TPSA) is 29.0 Å². The lowest BCUT2D eigenvalue weighted by Crippen LogP contribution is -2.25. The molecule has 0 amide bonds. The Balaban J connectivity index is 2.84. The van der Waals surface area contributed by atoms with Crippen LogP contribution < -0.4 is 4.90 Å². The Bertz CT molecular complexity index is 265. The van der Waals surface area contributed by atoms with Crippen molar-refractivity contribution in [2.75, 3.05) is 18.0 Å². The van der Waals surface area contributed by atoms with Crippen molar-refractivity contribution >= 4 is 28.4 Å². The lowest BCUT2D eigenvalue weighted by Gasteiger charge is -2.21. The molecule has 13 heavy (non-hydrogen) atoms. The van der Waals surface area contributed by atoms with Crippen LogP contribution in [0.15, 0.2) is 12.5 Å². The molecule has 0 unspecified atom stereocenters. The molecule has 0 aliphatic heterocycles. The maximum atomic E-state index is 4.28. The van der Waals surface area contributed by atoms with Crippen LogP contribution in [-0.4, -0.2) is 23.1 Å². The van der Waals surface area contributed by atoms with E-state index in [4.69, 9.17) is 0 Å². The van der Waals surface area contributed by atoms with Crippen molar-refractivity contribution in [3.8, 4) is 0 Å². The Morgan fingerprint density at radius 3 is 2.77 bits per heavy atom. The predicted molar refractivity (Wildman–Crippen MR) is 62.9 cm³/mol. The summed E-state index contributed by atoms with van der Waals surface area (Å²) < 4.78 is 1.12. The Hall–Kier alpha value is -0.390. The highest BCUT2D eigenvalue weighted by molar-refractivity contribution is 14.1. The van der Waals surface area contributed by atoms with Crippen LogP contribution in [0.1, 0.15) is 20.3 Å². The molecule has 0 radical (unpaired) electrons. The second-order valence-corrected chi connectivity index (χ2v) is 3.94. The molecule has 1 rings (SSSR count). The van der Waals surface area contributed by atoms with E-state index in [0.717, 1.165) is 28.9 Å². The second-order valence-electron chi connectivity index (χ2n) is 2.77. The summed E-state index contributed by atoms with van der Waals surface area (Å²) >= 11 is 2.27. The first kappa shape index (κ1) is 10.7. The number of rotatable bonds is 4. The Labute approximate surface area is 92.7 Å². The summed E-state index contributed by atoms with van der Waals surface area (Å²) in [4.78, 5) is 10.5. The molecule has 0 bridgehead atoms. The minimum atomic E-state index is 1.00. The van der Waals surface area contributed by atoms with Gasteiger partial charge in [-0.1, -0.05) is 6.92 Å². The zero-order valence-electron chi connectivity index (χ0n) is 8.00. The van der Waals surface area contributed by atoms with E-state index in [2.05, 4.69) is 51.3 Å². The van der Waals surface area contributed by atoms with Crippen LogP contribution in [0.25, 0.3) is 0 Å². The maximum absolute atomic E-state index is 4.28. The number of aromatic nitrogens is 2. The Kier molecular flexibility index (Phi) is 4.41. The van der Waals surface area contributed by atoms with E-state index in [0.29, 0.717) is 0 Å². The van der Waals surface area contributed by atoms with Gasteiger partial charge in [0.15, 0.2) is 0 Å². The van der Waals surface area contributed by atoms with Gasteiger partial charge in [0.1, 0.15) is 12.1 Å². The van der Waals surface area contributed by atoms with E-state index in [1.807, 2.05) is 6.20 Å². The molecule has 0 N–H and O–H groups in total. The van der Waals surface area contributed by atoms with Gasteiger partial charge in [0.05, 0.1) is 3.57 Å². The van der Waals surface area contributed by atoms with Gasteiger partial charge in [-0.05, 0) is 35.9 Å². The average molecular weight is 291 g/mol. The van der Waals surface area contributed by atoms with Crippen LogP contribution in [0.5, 0.6) is 0 Å². The monoisotopic (exact) mass is 291 g/mol. The van der Waals surface area contributed by atoms with Gasteiger partial charge in [0.2, 0.25) is 0 Å². The summed E-state index contributed by atoms with van der Waals surface area (Å²) in [6.07, 6.45) is 4.60. The van der Waals surface area contributed by atoms with Gasteiger partial charge in [-0.25, -0.2) is 9.97 Å². The fourth-order valence-electron chi connectivity index (χ4n) is 1.22. The van der Waals surface area contributed by atoms with E-state index in [-0.39, 0.29) is 0 Å². The molecular formula is C9H14IN3. The van der Waals surface area contributed by atoms with Crippen molar-refractivity contribution in [3.05, 3.63) is 16.1 Å². The van der Waals surface area contributed by atoms with Crippen LogP contribution in [0.3, 0.4) is 0 Å².